The molecule has 0 atom stereocenters. The van der Waals surface area contributed by atoms with Crippen LogP contribution in [-0.4, -0.2) is 11.5 Å². The number of hydrogen-bond donors (Lipinski definition) is 0. The first-order chi connectivity index (χ1) is 7.60. The second-order valence-electron chi connectivity index (χ2n) is 3.11. The summed E-state index contributed by atoms with van der Waals surface area (Å²) in [6.07, 6.45) is 1.54. The number of nitriles is 1. The van der Waals surface area contributed by atoms with Gasteiger partial charge in [-0.25, -0.2) is 0 Å². The largest absolute Gasteiger partial charge is 0.488 e. The molecule has 16 heavy (non-hydrogen) atoms. The van der Waals surface area contributed by atoms with E-state index in [0.717, 1.165) is 0 Å². The van der Waals surface area contributed by atoms with Crippen molar-refractivity contribution in [2.75, 3.05) is 6.61 Å². The Labute approximate surface area is 92.7 Å². The van der Waals surface area contributed by atoms with Crippen LogP contribution < -0.4 is 4.74 Å². The molecule has 0 amide bonds. The molecule has 0 aromatic heterocycles. The molecule has 0 aliphatic rings. The van der Waals surface area contributed by atoms with Gasteiger partial charge in [-0.2, -0.15) is 5.26 Å². The van der Waals surface area contributed by atoms with E-state index in [0.29, 0.717) is 11.3 Å². The second-order valence-corrected chi connectivity index (χ2v) is 3.11. The summed E-state index contributed by atoms with van der Waals surface area (Å²) in [5, 5.41) is 19.5. The fraction of sp³-hybridized carbons (Fsp3) is 0.182. The van der Waals surface area contributed by atoms with Gasteiger partial charge in [0.15, 0.2) is 0 Å². The zero-order valence-corrected chi connectivity index (χ0v) is 8.77. The second kappa shape index (κ2) is 4.94. The smallest absolute Gasteiger partial charge is 0.271 e. The third-order valence-electron chi connectivity index (χ3n) is 1.94. The average Bonchev–Trinajstić information content (AvgIpc) is 2.26. The van der Waals surface area contributed by atoms with E-state index in [-0.39, 0.29) is 17.9 Å². The highest BCUT2D eigenvalue weighted by atomic mass is 16.6. The predicted molar refractivity (Wildman–Crippen MR) is 58.2 cm³/mol. The standard InChI is InChI=1S/C11H10N2O3/c1-3-4-16-11-8(2)5-10(13(14)15)6-9(11)7-12/h3,5-6H,1,4H2,2H3. The summed E-state index contributed by atoms with van der Waals surface area (Å²) in [7, 11) is 0. The number of rotatable bonds is 4. The van der Waals surface area contributed by atoms with Crippen molar-refractivity contribution in [3.05, 3.63) is 46.0 Å². The van der Waals surface area contributed by atoms with Crippen molar-refractivity contribution >= 4 is 5.69 Å². The van der Waals surface area contributed by atoms with E-state index in [9.17, 15) is 10.1 Å². The molecule has 1 rings (SSSR count). The number of ether oxygens (including phenoxy) is 1. The lowest BCUT2D eigenvalue weighted by Crippen LogP contribution is -1.99. The van der Waals surface area contributed by atoms with E-state index in [1.165, 1.54) is 12.1 Å². The molecule has 0 aliphatic carbocycles. The molecule has 0 unspecified atom stereocenters. The quantitative estimate of drug-likeness (QED) is 0.441. The summed E-state index contributed by atoms with van der Waals surface area (Å²) in [5.41, 5.74) is 0.612. The van der Waals surface area contributed by atoms with Gasteiger partial charge < -0.3 is 4.74 Å². The van der Waals surface area contributed by atoms with Crippen LogP contribution in [0.15, 0.2) is 24.8 Å². The zero-order chi connectivity index (χ0) is 12.1. The highest BCUT2D eigenvalue weighted by Crippen LogP contribution is 2.28. The predicted octanol–water partition coefficient (Wildman–Crippen LogP) is 2.34. The maximum absolute atomic E-state index is 10.6. The number of aryl methyl sites for hydroxylation is 1. The van der Waals surface area contributed by atoms with Crippen LogP contribution in [0.1, 0.15) is 11.1 Å². The number of non-ortho nitro benzene ring substituents is 1. The number of hydrogen-bond acceptors (Lipinski definition) is 4. The molecule has 5 nitrogen and oxygen atoms in total. The molecule has 5 heteroatoms. The SMILES string of the molecule is C=CCOc1c(C)cc([N+](=O)[O-])cc1C#N. The molecule has 0 radical (unpaired) electrons. The van der Waals surface area contributed by atoms with Gasteiger partial charge in [0, 0.05) is 12.1 Å². The lowest BCUT2D eigenvalue weighted by atomic mass is 10.1. The molecule has 0 N–H and O–H groups in total. The normalized spacial score (nSPS) is 9.25. The van der Waals surface area contributed by atoms with Crippen LogP contribution >= 0.6 is 0 Å². The van der Waals surface area contributed by atoms with Crippen molar-refractivity contribution in [1.29, 1.82) is 5.26 Å². The van der Waals surface area contributed by atoms with Crippen LogP contribution in [0.3, 0.4) is 0 Å². The van der Waals surface area contributed by atoms with Gasteiger partial charge in [-0.15, -0.1) is 0 Å². The molecule has 0 spiro atoms. The molecule has 1 aromatic carbocycles. The molecule has 82 valence electrons. The zero-order valence-electron chi connectivity index (χ0n) is 8.77. The van der Waals surface area contributed by atoms with E-state index in [1.54, 1.807) is 13.0 Å². The van der Waals surface area contributed by atoms with E-state index < -0.39 is 4.92 Å². The topological polar surface area (TPSA) is 76.2 Å². The van der Waals surface area contributed by atoms with E-state index >= 15 is 0 Å². The number of nitro benzene ring substituents is 1. The first-order valence-corrected chi connectivity index (χ1v) is 4.53. The van der Waals surface area contributed by atoms with Crippen LogP contribution in [0.4, 0.5) is 5.69 Å². The highest BCUT2D eigenvalue weighted by Gasteiger charge is 2.14. The molecular formula is C11H10N2O3. The molecule has 0 bridgehead atoms. The van der Waals surface area contributed by atoms with Gasteiger partial charge in [-0.3, -0.25) is 10.1 Å². The number of nitrogens with zero attached hydrogens (tertiary/aromatic N) is 2. The summed E-state index contributed by atoms with van der Waals surface area (Å²) in [5.74, 6) is 0.369. The highest BCUT2D eigenvalue weighted by molar-refractivity contribution is 5.54. The first kappa shape index (κ1) is 11.7. The molecule has 0 aliphatic heterocycles. The van der Waals surface area contributed by atoms with Gasteiger partial charge in [0.2, 0.25) is 0 Å². The van der Waals surface area contributed by atoms with Crippen molar-refractivity contribution in [1.82, 2.24) is 0 Å². The van der Waals surface area contributed by atoms with Gasteiger partial charge >= 0.3 is 0 Å². The van der Waals surface area contributed by atoms with Crippen LogP contribution in [0.2, 0.25) is 0 Å². The van der Waals surface area contributed by atoms with Gasteiger partial charge in [0.25, 0.3) is 5.69 Å². The monoisotopic (exact) mass is 218 g/mol. The Bertz CT molecular complexity index is 475. The Morgan fingerprint density at radius 3 is 2.88 bits per heavy atom. The maximum Gasteiger partial charge on any atom is 0.271 e. The number of benzene rings is 1. The van der Waals surface area contributed by atoms with E-state index in [4.69, 9.17) is 10.00 Å². The number of nitro groups is 1. The summed E-state index contributed by atoms with van der Waals surface area (Å²) < 4.78 is 5.28. The third-order valence-corrected chi connectivity index (χ3v) is 1.94. The molecular weight excluding hydrogens is 208 g/mol. The summed E-state index contributed by atoms with van der Waals surface area (Å²) in [6.45, 7) is 5.41. The average molecular weight is 218 g/mol. The van der Waals surface area contributed by atoms with Gasteiger partial charge in [-0.05, 0) is 12.5 Å². The van der Waals surface area contributed by atoms with E-state index in [1.807, 2.05) is 6.07 Å². The Kier molecular flexibility index (Phi) is 3.62. The fourth-order valence-electron chi connectivity index (χ4n) is 1.28. The van der Waals surface area contributed by atoms with Crippen molar-refractivity contribution < 1.29 is 9.66 Å². The van der Waals surface area contributed by atoms with Crippen molar-refractivity contribution in [3.8, 4) is 11.8 Å². The maximum atomic E-state index is 10.6. The first-order valence-electron chi connectivity index (χ1n) is 4.53. The van der Waals surface area contributed by atoms with Gasteiger partial charge in [-0.1, -0.05) is 12.7 Å². The minimum Gasteiger partial charge on any atom is -0.488 e. The van der Waals surface area contributed by atoms with Crippen LogP contribution in [0.5, 0.6) is 5.75 Å². The van der Waals surface area contributed by atoms with Crippen LogP contribution in [0, 0.1) is 28.4 Å². The van der Waals surface area contributed by atoms with Crippen molar-refractivity contribution in [2.45, 2.75) is 6.92 Å². The molecule has 0 saturated heterocycles. The lowest BCUT2D eigenvalue weighted by molar-refractivity contribution is -0.384. The van der Waals surface area contributed by atoms with Crippen LogP contribution in [-0.2, 0) is 0 Å². The van der Waals surface area contributed by atoms with Gasteiger partial charge in [0.05, 0.1) is 4.92 Å². The Hall–Kier alpha value is -2.35. The minimum atomic E-state index is -0.537. The Morgan fingerprint density at radius 1 is 1.69 bits per heavy atom. The van der Waals surface area contributed by atoms with Crippen LogP contribution in [0.25, 0.3) is 0 Å². The molecule has 0 fully saturated rings. The Balaban J connectivity index is 3.24. The molecule has 0 heterocycles. The molecule has 0 saturated carbocycles. The summed E-state index contributed by atoms with van der Waals surface area (Å²) in [6, 6.07) is 4.45. The summed E-state index contributed by atoms with van der Waals surface area (Å²) >= 11 is 0. The lowest BCUT2D eigenvalue weighted by Gasteiger charge is -2.08. The van der Waals surface area contributed by atoms with Crippen molar-refractivity contribution in [3.63, 3.8) is 0 Å². The Morgan fingerprint density at radius 2 is 2.38 bits per heavy atom. The third kappa shape index (κ3) is 2.36. The fourth-order valence-corrected chi connectivity index (χ4v) is 1.28. The summed E-state index contributed by atoms with van der Waals surface area (Å²) in [4.78, 5) is 10.0. The van der Waals surface area contributed by atoms with Gasteiger partial charge in [0.1, 0.15) is 24.0 Å². The minimum absolute atomic E-state index is 0.111. The molecule has 1 aromatic rings. The van der Waals surface area contributed by atoms with E-state index in [2.05, 4.69) is 6.58 Å². The van der Waals surface area contributed by atoms with Crippen molar-refractivity contribution in [2.24, 2.45) is 0 Å².